The zero-order valence-electron chi connectivity index (χ0n) is 16.0. The number of H-pyrrole nitrogens is 1. The Morgan fingerprint density at radius 3 is 2.86 bits per heavy atom. The first-order chi connectivity index (χ1) is 13.7. The van der Waals surface area contributed by atoms with E-state index in [9.17, 15) is 4.79 Å². The lowest BCUT2D eigenvalue weighted by Gasteiger charge is -2.14. The maximum atomic E-state index is 12.9. The average Bonchev–Trinajstić information content (AvgIpc) is 3.42. The fourth-order valence-corrected chi connectivity index (χ4v) is 3.54. The minimum atomic E-state index is -0.190. The van der Waals surface area contributed by atoms with Gasteiger partial charge in [-0.2, -0.15) is 5.21 Å². The van der Waals surface area contributed by atoms with Crippen molar-refractivity contribution in [1.29, 1.82) is 0 Å². The molecule has 1 unspecified atom stereocenters. The largest absolute Gasteiger partial charge is 0.496 e. The Balaban J connectivity index is 0.00000240. The van der Waals surface area contributed by atoms with E-state index in [1.807, 2.05) is 36.4 Å². The van der Waals surface area contributed by atoms with Gasteiger partial charge in [-0.25, -0.2) is 0 Å². The number of para-hydroxylation sites is 1. The summed E-state index contributed by atoms with van der Waals surface area (Å²) in [7, 11) is 1.66. The van der Waals surface area contributed by atoms with Gasteiger partial charge in [-0.05, 0) is 73.0 Å². The van der Waals surface area contributed by atoms with E-state index >= 15 is 0 Å². The Kier molecular flexibility index (Phi) is 6.79. The number of tetrazole rings is 1. The van der Waals surface area contributed by atoms with Crippen LogP contribution < -0.4 is 15.4 Å². The summed E-state index contributed by atoms with van der Waals surface area (Å²) in [5, 5.41) is 20.4. The average molecular weight is 415 g/mol. The second-order valence-corrected chi connectivity index (χ2v) is 6.82. The highest BCUT2D eigenvalue weighted by Gasteiger charge is 2.19. The molecule has 4 rings (SSSR count). The van der Waals surface area contributed by atoms with Crippen LogP contribution in [0.1, 0.15) is 22.3 Å². The van der Waals surface area contributed by atoms with Crippen molar-refractivity contribution >= 4 is 24.0 Å². The first kappa shape index (κ1) is 20.8. The molecular formula is C20H23ClN6O2. The maximum Gasteiger partial charge on any atom is 0.255 e. The molecule has 0 spiro atoms. The molecule has 0 aliphatic carbocycles. The molecule has 1 aliphatic heterocycles. The van der Waals surface area contributed by atoms with Crippen molar-refractivity contribution in [3.63, 3.8) is 0 Å². The van der Waals surface area contributed by atoms with Crippen molar-refractivity contribution in [2.75, 3.05) is 25.5 Å². The summed E-state index contributed by atoms with van der Waals surface area (Å²) in [4.78, 5) is 12.9. The standard InChI is InChI=1S/C20H22N6O2.ClH/c1-28-18-7-6-14(11-15(18)10-13-8-9-21-12-13)20(27)22-17-5-3-2-4-16(17)19-23-25-26-24-19;/h2-7,11,13,21H,8-10,12H2,1H3,(H,22,27)(H,23,24,25,26);1H. The van der Waals surface area contributed by atoms with Gasteiger partial charge >= 0.3 is 0 Å². The fourth-order valence-electron chi connectivity index (χ4n) is 3.54. The number of aromatic amines is 1. The Morgan fingerprint density at radius 2 is 2.14 bits per heavy atom. The van der Waals surface area contributed by atoms with Crippen molar-refractivity contribution < 1.29 is 9.53 Å². The SMILES string of the molecule is COc1ccc(C(=O)Nc2ccccc2-c2nn[nH]n2)cc1CC1CCNC1.Cl. The quantitative estimate of drug-likeness (QED) is 0.572. The lowest BCUT2D eigenvalue weighted by atomic mass is 9.96. The molecule has 2 aromatic carbocycles. The maximum absolute atomic E-state index is 12.9. The van der Waals surface area contributed by atoms with Crippen LogP contribution in [0.15, 0.2) is 42.5 Å². The Hall–Kier alpha value is -2.97. The number of anilines is 1. The van der Waals surface area contributed by atoms with Gasteiger partial charge in [0.25, 0.3) is 5.91 Å². The number of rotatable bonds is 6. The van der Waals surface area contributed by atoms with Gasteiger partial charge in [0.2, 0.25) is 5.82 Å². The summed E-state index contributed by atoms with van der Waals surface area (Å²) in [5.41, 5.74) is 2.97. The number of hydrogen-bond acceptors (Lipinski definition) is 6. The smallest absolute Gasteiger partial charge is 0.255 e. The van der Waals surface area contributed by atoms with E-state index in [1.165, 1.54) is 0 Å². The van der Waals surface area contributed by atoms with Crippen LogP contribution in [0.3, 0.4) is 0 Å². The van der Waals surface area contributed by atoms with Crippen LogP contribution in [0.25, 0.3) is 11.4 Å². The van der Waals surface area contributed by atoms with Gasteiger partial charge in [0.15, 0.2) is 0 Å². The van der Waals surface area contributed by atoms with Gasteiger partial charge in [0.1, 0.15) is 5.75 Å². The highest BCUT2D eigenvalue weighted by atomic mass is 35.5. The highest BCUT2D eigenvalue weighted by molar-refractivity contribution is 6.06. The number of nitrogens with one attached hydrogen (secondary N) is 3. The zero-order valence-corrected chi connectivity index (χ0v) is 16.8. The van der Waals surface area contributed by atoms with E-state index in [0.717, 1.165) is 37.2 Å². The molecule has 29 heavy (non-hydrogen) atoms. The third kappa shape index (κ3) is 4.72. The Labute approximate surface area is 174 Å². The number of methoxy groups -OCH3 is 1. The summed E-state index contributed by atoms with van der Waals surface area (Å²) in [6, 6.07) is 12.9. The van der Waals surface area contributed by atoms with Crippen LogP contribution in [0.2, 0.25) is 0 Å². The molecular weight excluding hydrogens is 392 g/mol. The van der Waals surface area contributed by atoms with Crippen LogP contribution in [0.5, 0.6) is 5.75 Å². The number of benzene rings is 2. The van der Waals surface area contributed by atoms with Crippen molar-refractivity contribution in [1.82, 2.24) is 25.9 Å². The number of nitrogens with zero attached hydrogens (tertiary/aromatic N) is 3. The van der Waals surface area contributed by atoms with E-state index in [4.69, 9.17) is 4.74 Å². The van der Waals surface area contributed by atoms with Crippen molar-refractivity contribution in [2.45, 2.75) is 12.8 Å². The molecule has 3 aromatic rings. The van der Waals surface area contributed by atoms with Gasteiger partial charge in [0.05, 0.1) is 12.8 Å². The summed E-state index contributed by atoms with van der Waals surface area (Å²) >= 11 is 0. The van der Waals surface area contributed by atoms with E-state index in [-0.39, 0.29) is 18.3 Å². The third-order valence-electron chi connectivity index (χ3n) is 4.98. The monoisotopic (exact) mass is 414 g/mol. The number of halogens is 1. The number of carbonyl (C=O) groups is 1. The molecule has 1 fully saturated rings. The van der Waals surface area contributed by atoms with E-state index < -0.39 is 0 Å². The molecule has 152 valence electrons. The van der Waals surface area contributed by atoms with Gasteiger partial charge in [-0.15, -0.1) is 22.6 Å². The lowest BCUT2D eigenvalue weighted by molar-refractivity contribution is 0.102. The molecule has 1 saturated heterocycles. The molecule has 1 amide bonds. The minimum absolute atomic E-state index is 0. The summed E-state index contributed by atoms with van der Waals surface area (Å²) < 4.78 is 5.50. The summed E-state index contributed by atoms with van der Waals surface area (Å²) in [5.74, 6) is 1.62. The van der Waals surface area contributed by atoms with E-state index in [2.05, 4.69) is 31.3 Å². The van der Waals surface area contributed by atoms with Crippen LogP contribution in [0, 0.1) is 5.92 Å². The Bertz CT molecular complexity index is 957. The van der Waals surface area contributed by atoms with Gasteiger partial charge in [-0.1, -0.05) is 12.1 Å². The number of amides is 1. The molecule has 1 aliphatic rings. The summed E-state index contributed by atoms with van der Waals surface area (Å²) in [6.45, 7) is 2.04. The fraction of sp³-hybridized carbons (Fsp3) is 0.300. The summed E-state index contributed by atoms with van der Waals surface area (Å²) in [6.07, 6.45) is 2.02. The topological polar surface area (TPSA) is 105 Å². The van der Waals surface area contributed by atoms with Crippen LogP contribution in [-0.2, 0) is 6.42 Å². The van der Waals surface area contributed by atoms with Crippen molar-refractivity contribution in [3.05, 3.63) is 53.6 Å². The van der Waals surface area contributed by atoms with E-state index in [0.29, 0.717) is 28.6 Å². The normalized spacial score (nSPS) is 15.6. The molecule has 9 heteroatoms. The van der Waals surface area contributed by atoms with Crippen molar-refractivity contribution in [2.24, 2.45) is 5.92 Å². The second-order valence-electron chi connectivity index (χ2n) is 6.82. The number of ether oxygens (including phenoxy) is 1. The third-order valence-corrected chi connectivity index (χ3v) is 4.98. The van der Waals surface area contributed by atoms with Gasteiger partial charge < -0.3 is 15.4 Å². The molecule has 3 N–H and O–H groups in total. The predicted molar refractivity (Wildman–Crippen MR) is 112 cm³/mol. The zero-order chi connectivity index (χ0) is 19.3. The van der Waals surface area contributed by atoms with Crippen molar-refractivity contribution in [3.8, 4) is 17.1 Å². The molecule has 0 saturated carbocycles. The lowest BCUT2D eigenvalue weighted by Crippen LogP contribution is -2.15. The molecule has 1 atom stereocenters. The van der Waals surface area contributed by atoms with Gasteiger partial charge in [-0.3, -0.25) is 4.79 Å². The minimum Gasteiger partial charge on any atom is -0.496 e. The van der Waals surface area contributed by atoms with Crippen LogP contribution >= 0.6 is 12.4 Å². The number of carbonyl (C=O) groups excluding carboxylic acids is 1. The predicted octanol–water partition coefficient (Wildman–Crippen LogP) is 2.70. The number of aromatic nitrogens is 4. The van der Waals surface area contributed by atoms with E-state index in [1.54, 1.807) is 13.2 Å². The van der Waals surface area contributed by atoms with Crippen LogP contribution in [-0.4, -0.2) is 46.7 Å². The highest BCUT2D eigenvalue weighted by Crippen LogP contribution is 2.27. The van der Waals surface area contributed by atoms with Gasteiger partial charge in [0, 0.05) is 11.1 Å². The molecule has 0 radical (unpaired) electrons. The second kappa shape index (κ2) is 9.49. The number of hydrogen-bond donors (Lipinski definition) is 3. The Morgan fingerprint density at radius 1 is 1.28 bits per heavy atom. The molecule has 1 aromatic heterocycles. The first-order valence-electron chi connectivity index (χ1n) is 9.26. The molecule has 0 bridgehead atoms. The first-order valence-corrected chi connectivity index (χ1v) is 9.26. The molecule has 8 nitrogen and oxygen atoms in total. The van der Waals surface area contributed by atoms with Crippen LogP contribution in [0.4, 0.5) is 5.69 Å². The molecule has 2 heterocycles.